The van der Waals surface area contributed by atoms with Crippen molar-refractivity contribution in [3.63, 3.8) is 0 Å². The molecule has 3 rings (SSSR count). The van der Waals surface area contributed by atoms with Crippen LogP contribution in [0.15, 0.2) is 48.5 Å². The molecular weight excluding hydrogens is 394 g/mol. The molecule has 0 spiro atoms. The Kier molecular flexibility index (Phi) is 8.72. The molecule has 31 heavy (non-hydrogen) atoms. The highest BCUT2D eigenvalue weighted by molar-refractivity contribution is 5.98. The van der Waals surface area contributed by atoms with E-state index in [9.17, 15) is 9.59 Å². The van der Waals surface area contributed by atoms with Gasteiger partial charge in [0.1, 0.15) is 12.4 Å². The van der Waals surface area contributed by atoms with E-state index < -0.39 is 0 Å². The third kappa shape index (κ3) is 7.29. The Bertz CT molecular complexity index is 846. The highest BCUT2D eigenvalue weighted by atomic mass is 16.5. The minimum absolute atomic E-state index is 0.0314. The monoisotopic (exact) mass is 425 g/mol. The zero-order valence-electron chi connectivity index (χ0n) is 18.1. The lowest BCUT2D eigenvalue weighted by Gasteiger charge is -2.20. The molecule has 1 heterocycles. The molecule has 0 unspecified atom stereocenters. The van der Waals surface area contributed by atoms with Crippen LogP contribution in [0.5, 0.6) is 5.75 Å². The van der Waals surface area contributed by atoms with Gasteiger partial charge in [-0.05, 0) is 55.3 Å². The predicted octanol–water partition coefficient (Wildman–Crippen LogP) is 3.78. The summed E-state index contributed by atoms with van der Waals surface area (Å²) in [4.78, 5) is 27.1. The average Bonchev–Trinajstić information content (AvgIpc) is 3.08. The summed E-state index contributed by atoms with van der Waals surface area (Å²) in [6, 6.07) is 14.5. The van der Waals surface area contributed by atoms with Gasteiger partial charge >= 0.3 is 0 Å². The second-order valence-corrected chi connectivity index (χ2v) is 7.55. The molecule has 0 aromatic heterocycles. The van der Waals surface area contributed by atoms with Gasteiger partial charge in [0.05, 0.1) is 13.2 Å². The van der Waals surface area contributed by atoms with Crippen LogP contribution in [0.4, 0.5) is 11.4 Å². The van der Waals surface area contributed by atoms with E-state index in [2.05, 4.69) is 10.6 Å². The molecule has 1 aliphatic heterocycles. The largest absolute Gasteiger partial charge is 0.491 e. The van der Waals surface area contributed by atoms with Crippen LogP contribution >= 0.6 is 0 Å². The van der Waals surface area contributed by atoms with E-state index in [1.165, 1.54) is 12.8 Å². The summed E-state index contributed by atoms with van der Waals surface area (Å²) in [5.74, 6) is 0.599. The molecule has 0 saturated carbocycles. The number of nitrogens with zero attached hydrogens (tertiary/aromatic N) is 1. The first-order chi connectivity index (χ1) is 15.2. The summed E-state index contributed by atoms with van der Waals surface area (Å²) >= 11 is 0. The SMILES string of the molecule is COCCOc1ccc(NCC(=O)Nc2cccc(C(=O)N3CCCCCC3)c2)cc1. The van der Waals surface area contributed by atoms with Crippen molar-refractivity contribution in [2.24, 2.45) is 0 Å². The highest BCUT2D eigenvalue weighted by Gasteiger charge is 2.17. The molecule has 1 fully saturated rings. The number of rotatable bonds is 9. The number of methoxy groups -OCH3 is 1. The average molecular weight is 426 g/mol. The fraction of sp³-hybridized carbons (Fsp3) is 0.417. The molecule has 166 valence electrons. The topological polar surface area (TPSA) is 79.9 Å². The second kappa shape index (κ2) is 12.0. The normalized spacial score (nSPS) is 13.9. The Morgan fingerprint density at radius 1 is 0.935 bits per heavy atom. The number of anilines is 2. The number of carbonyl (C=O) groups is 2. The lowest BCUT2D eigenvalue weighted by atomic mass is 10.1. The van der Waals surface area contributed by atoms with Gasteiger partial charge in [-0.15, -0.1) is 0 Å². The Hall–Kier alpha value is -3.06. The molecule has 7 nitrogen and oxygen atoms in total. The lowest BCUT2D eigenvalue weighted by molar-refractivity contribution is -0.114. The van der Waals surface area contributed by atoms with Crippen LogP contribution in [0, 0.1) is 0 Å². The molecule has 2 N–H and O–H groups in total. The Balaban J connectivity index is 1.49. The molecule has 0 atom stereocenters. The zero-order chi connectivity index (χ0) is 21.9. The Labute approximate surface area is 183 Å². The van der Waals surface area contributed by atoms with Crippen LogP contribution in [0.2, 0.25) is 0 Å². The molecule has 1 aliphatic rings. The van der Waals surface area contributed by atoms with E-state index in [1.54, 1.807) is 31.4 Å². The van der Waals surface area contributed by atoms with E-state index in [-0.39, 0.29) is 18.4 Å². The third-order valence-corrected chi connectivity index (χ3v) is 5.15. The summed E-state index contributed by atoms with van der Waals surface area (Å²) in [5.41, 5.74) is 2.05. The molecule has 0 radical (unpaired) electrons. The van der Waals surface area contributed by atoms with Crippen molar-refractivity contribution in [1.29, 1.82) is 0 Å². The van der Waals surface area contributed by atoms with Crippen molar-refractivity contribution in [3.8, 4) is 5.75 Å². The van der Waals surface area contributed by atoms with Crippen molar-refractivity contribution >= 4 is 23.2 Å². The first-order valence-electron chi connectivity index (χ1n) is 10.8. The van der Waals surface area contributed by atoms with Gasteiger partial charge in [0.2, 0.25) is 5.91 Å². The van der Waals surface area contributed by atoms with Crippen LogP contribution in [-0.2, 0) is 9.53 Å². The minimum Gasteiger partial charge on any atom is -0.491 e. The summed E-state index contributed by atoms with van der Waals surface area (Å²) in [7, 11) is 1.63. The molecular formula is C24H31N3O4. The lowest BCUT2D eigenvalue weighted by Crippen LogP contribution is -2.31. The predicted molar refractivity (Wildman–Crippen MR) is 122 cm³/mol. The number of hydrogen-bond acceptors (Lipinski definition) is 5. The van der Waals surface area contributed by atoms with E-state index in [0.29, 0.717) is 24.5 Å². The fourth-order valence-electron chi connectivity index (χ4n) is 3.49. The van der Waals surface area contributed by atoms with Crippen LogP contribution in [0.25, 0.3) is 0 Å². The number of carbonyl (C=O) groups excluding carboxylic acids is 2. The van der Waals surface area contributed by atoms with Gasteiger partial charge in [0, 0.05) is 37.1 Å². The maximum absolute atomic E-state index is 12.8. The van der Waals surface area contributed by atoms with Crippen LogP contribution in [-0.4, -0.2) is 56.7 Å². The summed E-state index contributed by atoms with van der Waals surface area (Å²) < 4.78 is 10.5. The van der Waals surface area contributed by atoms with Gasteiger partial charge in [0.15, 0.2) is 0 Å². The number of hydrogen-bond donors (Lipinski definition) is 2. The molecule has 7 heteroatoms. The molecule has 0 aliphatic carbocycles. The van der Waals surface area contributed by atoms with Gasteiger partial charge in [-0.2, -0.15) is 0 Å². The van der Waals surface area contributed by atoms with Crippen molar-refractivity contribution in [2.45, 2.75) is 25.7 Å². The van der Waals surface area contributed by atoms with Crippen molar-refractivity contribution in [2.75, 3.05) is 50.6 Å². The Morgan fingerprint density at radius 2 is 1.68 bits per heavy atom. The molecule has 0 bridgehead atoms. The van der Waals surface area contributed by atoms with Gasteiger partial charge < -0.3 is 25.0 Å². The number of benzene rings is 2. The van der Waals surface area contributed by atoms with Crippen LogP contribution < -0.4 is 15.4 Å². The molecule has 1 saturated heterocycles. The molecule has 2 amide bonds. The van der Waals surface area contributed by atoms with E-state index in [1.807, 2.05) is 29.2 Å². The second-order valence-electron chi connectivity index (χ2n) is 7.55. The first kappa shape index (κ1) is 22.6. The smallest absolute Gasteiger partial charge is 0.253 e. The maximum Gasteiger partial charge on any atom is 0.253 e. The maximum atomic E-state index is 12.8. The summed E-state index contributed by atoms with van der Waals surface area (Å²) in [6.45, 7) is 2.75. The number of likely N-dealkylation sites (tertiary alicyclic amines) is 1. The summed E-state index contributed by atoms with van der Waals surface area (Å²) in [6.07, 6.45) is 4.45. The Morgan fingerprint density at radius 3 is 2.39 bits per heavy atom. The quantitative estimate of drug-likeness (QED) is 0.598. The summed E-state index contributed by atoms with van der Waals surface area (Å²) in [5, 5.41) is 5.95. The molecule has 2 aromatic carbocycles. The van der Waals surface area contributed by atoms with Crippen molar-refractivity contribution < 1.29 is 19.1 Å². The minimum atomic E-state index is -0.181. The highest BCUT2D eigenvalue weighted by Crippen LogP contribution is 2.17. The van der Waals surface area contributed by atoms with Crippen molar-refractivity contribution in [1.82, 2.24) is 4.90 Å². The molecule has 2 aromatic rings. The van der Waals surface area contributed by atoms with Gasteiger partial charge in [-0.3, -0.25) is 9.59 Å². The first-order valence-corrected chi connectivity index (χ1v) is 10.8. The fourth-order valence-corrected chi connectivity index (χ4v) is 3.49. The number of ether oxygens (including phenoxy) is 2. The van der Waals surface area contributed by atoms with Gasteiger partial charge in [0.25, 0.3) is 5.91 Å². The standard InChI is InChI=1S/C24H31N3O4/c1-30-15-16-31-22-11-9-20(10-12-22)25-18-23(28)26-21-8-6-7-19(17-21)24(29)27-13-4-2-3-5-14-27/h6-12,17,25H,2-5,13-16,18H2,1H3,(H,26,28). The van der Waals surface area contributed by atoms with E-state index >= 15 is 0 Å². The van der Waals surface area contributed by atoms with Crippen LogP contribution in [0.1, 0.15) is 36.0 Å². The van der Waals surface area contributed by atoms with Crippen LogP contribution in [0.3, 0.4) is 0 Å². The zero-order valence-corrected chi connectivity index (χ0v) is 18.1. The third-order valence-electron chi connectivity index (χ3n) is 5.15. The van der Waals surface area contributed by atoms with Gasteiger partial charge in [-0.1, -0.05) is 18.9 Å². The van der Waals surface area contributed by atoms with E-state index in [4.69, 9.17) is 9.47 Å². The van der Waals surface area contributed by atoms with Crippen molar-refractivity contribution in [3.05, 3.63) is 54.1 Å². The number of nitrogens with one attached hydrogen (secondary N) is 2. The van der Waals surface area contributed by atoms with E-state index in [0.717, 1.165) is 37.4 Å². The van der Waals surface area contributed by atoms with Gasteiger partial charge in [-0.25, -0.2) is 0 Å². The number of amides is 2.